The molecule has 2 aromatic carbocycles. The molecule has 5 heteroatoms. The first-order valence-corrected chi connectivity index (χ1v) is 9.41. The van der Waals surface area contributed by atoms with Crippen LogP contribution in [0.2, 0.25) is 0 Å². The van der Waals surface area contributed by atoms with Crippen LogP contribution in [-0.2, 0) is 6.61 Å². The van der Waals surface area contributed by atoms with Gasteiger partial charge in [0.05, 0.1) is 11.3 Å². The maximum atomic E-state index is 12.6. The van der Waals surface area contributed by atoms with E-state index in [1.54, 1.807) is 6.20 Å². The summed E-state index contributed by atoms with van der Waals surface area (Å²) in [5.41, 5.74) is 2.63. The summed E-state index contributed by atoms with van der Waals surface area (Å²) in [4.78, 5) is 12.6. The van der Waals surface area contributed by atoms with Crippen molar-refractivity contribution in [3.63, 3.8) is 0 Å². The Kier molecular flexibility index (Phi) is 5.19. The highest BCUT2D eigenvalue weighted by atomic mass is 16.5. The molecule has 0 saturated heterocycles. The Hall–Kier alpha value is -3.08. The molecular formula is C22H23N3O2. The summed E-state index contributed by atoms with van der Waals surface area (Å²) < 4.78 is 7.77. The van der Waals surface area contributed by atoms with Crippen LogP contribution < -0.4 is 10.1 Å². The molecule has 0 bridgehead atoms. The molecule has 5 nitrogen and oxygen atoms in total. The summed E-state index contributed by atoms with van der Waals surface area (Å²) in [5.74, 6) is 0.565. The Morgan fingerprint density at radius 1 is 1.07 bits per heavy atom. The molecule has 1 aromatic heterocycles. The lowest BCUT2D eigenvalue weighted by atomic mass is 10.1. The van der Waals surface area contributed by atoms with Gasteiger partial charge in [-0.05, 0) is 48.7 Å². The molecule has 0 unspecified atom stereocenters. The zero-order valence-corrected chi connectivity index (χ0v) is 15.2. The molecule has 1 aliphatic carbocycles. The van der Waals surface area contributed by atoms with Gasteiger partial charge in [-0.25, -0.2) is 4.68 Å². The third-order valence-corrected chi connectivity index (χ3v) is 4.92. The summed E-state index contributed by atoms with van der Waals surface area (Å²) in [5, 5.41) is 7.35. The Morgan fingerprint density at radius 2 is 1.85 bits per heavy atom. The van der Waals surface area contributed by atoms with E-state index in [9.17, 15) is 4.79 Å². The van der Waals surface area contributed by atoms with E-state index >= 15 is 0 Å². The molecular weight excluding hydrogens is 338 g/mol. The van der Waals surface area contributed by atoms with Gasteiger partial charge in [-0.2, -0.15) is 5.10 Å². The van der Waals surface area contributed by atoms with Crippen molar-refractivity contribution in [2.45, 2.75) is 38.3 Å². The van der Waals surface area contributed by atoms with Crippen LogP contribution >= 0.6 is 0 Å². The standard InChI is InChI=1S/C22H23N3O2/c26-22(24-18-6-1-2-7-18)20-8-3-4-9-21(20)27-16-17-10-12-19(13-11-17)25-15-5-14-23-25/h3-5,8-15,18H,1-2,6-7,16H2,(H,24,26). The average Bonchev–Trinajstić information content (AvgIpc) is 3.41. The van der Waals surface area contributed by atoms with E-state index in [0.29, 0.717) is 24.0 Å². The molecule has 1 amide bonds. The topological polar surface area (TPSA) is 56.1 Å². The minimum atomic E-state index is -0.0495. The molecule has 1 fully saturated rings. The van der Waals surface area contributed by atoms with Crippen molar-refractivity contribution in [2.24, 2.45) is 0 Å². The van der Waals surface area contributed by atoms with Crippen LogP contribution in [0.3, 0.4) is 0 Å². The van der Waals surface area contributed by atoms with Gasteiger partial charge < -0.3 is 10.1 Å². The number of carbonyl (C=O) groups is 1. The van der Waals surface area contributed by atoms with E-state index < -0.39 is 0 Å². The third kappa shape index (κ3) is 4.19. The molecule has 4 rings (SSSR count). The lowest BCUT2D eigenvalue weighted by molar-refractivity contribution is 0.0933. The van der Waals surface area contributed by atoms with Crippen LogP contribution in [0.5, 0.6) is 5.75 Å². The summed E-state index contributed by atoms with van der Waals surface area (Å²) in [7, 11) is 0. The van der Waals surface area contributed by atoms with Gasteiger partial charge in [0.15, 0.2) is 0 Å². The smallest absolute Gasteiger partial charge is 0.255 e. The number of carbonyl (C=O) groups excluding carboxylic acids is 1. The number of rotatable bonds is 6. The van der Waals surface area contributed by atoms with Gasteiger partial charge >= 0.3 is 0 Å². The lowest BCUT2D eigenvalue weighted by Crippen LogP contribution is -2.32. The van der Waals surface area contributed by atoms with Gasteiger partial charge in [-0.3, -0.25) is 4.79 Å². The normalized spacial score (nSPS) is 14.2. The quantitative estimate of drug-likeness (QED) is 0.718. The largest absolute Gasteiger partial charge is 0.488 e. The second-order valence-electron chi connectivity index (χ2n) is 6.86. The van der Waals surface area contributed by atoms with Crippen molar-refractivity contribution < 1.29 is 9.53 Å². The monoisotopic (exact) mass is 361 g/mol. The molecule has 1 heterocycles. The van der Waals surface area contributed by atoms with Gasteiger partial charge in [0.25, 0.3) is 5.91 Å². The number of hydrogen-bond acceptors (Lipinski definition) is 3. The van der Waals surface area contributed by atoms with Gasteiger partial charge in [0, 0.05) is 18.4 Å². The number of aromatic nitrogens is 2. The Labute approximate surface area is 159 Å². The summed E-state index contributed by atoms with van der Waals surface area (Å²) in [6.45, 7) is 0.410. The number of nitrogens with one attached hydrogen (secondary N) is 1. The number of para-hydroxylation sites is 1. The van der Waals surface area contributed by atoms with Gasteiger partial charge in [-0.1, -0.05) is 37.1 Å². The minimum Gasteiger partial charge on any atom is -0.488 e. The predicted octanol–water partition coefficient (Wildman–Crippen LogP) is 4.12. The van der Waals surface area contributed by atoms with Crippen molar-refractivity contribution in [1.82, 2.24) is 15.1 Å². The number of ether oxygens (including phenoxy) is 1. The highest BCUT2D eigenvalue weighted by molar-refractivity contribution is 5.97. The number of nitrogens with zero attached hydrogens (tertiary/aromatic N) is 2. The first-order chi connectivity index (χ1) is 13.3. The van der Waals surface area contributed by atoms with Crippen LogP contribution in [-0.4, -0.2) is 21.7 Å². The summed E-state index contributed by atoms with van der Waals surface area (Å²) in [6.07, 6.45) is 8.18. The van der Waals surface area contributed by atoms with Crippen molar-refractivity contribution in [3.8, 4) is 11.4 Å². The zero-order chi connectivity index (χ0) is 18.5. The van der Waals surface area contributed by atoms with Crippen molar-refractivity contribution in [3.05, 3.63) is 78.1 Å². The highest BCUT2D eigenvalue weighted by Gasteiger charge is 2.20. The molecule has 0 spiro atoms. The Balaban J connectivity index is 1.41. The SMILES string of the molecule is O=C(NC1CCCC1)c1ccccc1OCc1ccc(-n2cccn2)cc1. The van der Waals surface area contributed by atoms with Gasteiger partial charge in [0.2, 0.25) is 0 Å². The number of benzene rings is 2. The molecule has 27 heavy (non-hydrogen) atoms. The van der Waals surface area contributed by atoms with Crippen LogP contribution in [0.4, 0.5) is 0 Å². The van der Waals surface area contributed by atoms with Crippen molar-refractivity contribution in [1.29, 1.82) is 0 Å². The van der Waals surface area contributed by atoms with Crippen LogP contribution in [0.1, 0.15) is 41.6 Å². The van der Waals surface area contributed by atoms with E-state index in [-0.39, 0.29) is 5.91 Å². The average molecular weight is 361 g/mol. The Morgan fingerprint density at radius 3 is 2.59 bits per heavy atom. The first-order valence-electron chi connectivity index (χ1n) is 9.41. The molecule has 0 atom stereocenters. The summed E-state index contributed by atoms with van der Waals surface area (Å²) in [6, 6.07) is 17.6. The van der Waals surface area contributed by atoms with Crippen LogP contribution in [0, 0.1) is 0 Å². The Bertz CT molecular complexity index is 882. The van der Waals surface area contributed by atoms with E-state index in [0.717, 1.165) is 24.1 Å². The maximum absolute atomic E-state index is 12.6. The zero-order valence-electron chi connectivity index (χ0n) is 15.2. The minimum absolute atomic E-state index is 0.0495. The fourth-order valence-electron chi connectivity index (χ4n) is 3.44. The second kappa shape index (κ2) is 8.08. The van der Waals surface area contributed by atoms with Gasteiger partial charge in [0.1, 0.15) is 12.4 Å². The maximum Gasteiger partial charge on any atom is 0.255 e. The van der Waals surface area contributed by atoms with Crippen LogP contribution in [0.25, 0.3) is 5.69 Å². The van der Waals surface area contributed by atoms with E-state index in [1.807, 2.05) is 65.5 Å². The van der Waals surface area contributed by atoms with E-state index in [2.05, 4.69) is 10.4 Å². The fraction of sp³-hybridized carbons (Fsp3) is 0.273. The van der Waals surface area contributed by atoms with Crippen LogP contribution in [0.15, 0.2) is 67.0 Å². The number of hydrogen-bond donors (Lipinski definition) is 1. The second-order valence-corrected chi connectivity index (χ2v) is 6.86. The third-order valence-electron chi connectivity index (χ3n) is 4.92. The van der Waals surface area contributed by atoms with E-state index in [1.165, 1.54) is 12.8 Å². The first kappa shape index (κ1) is 17.3. The molecule has 1 saturated carbocycles. The summed E-state index contributed by atoms with van der Waals surface area (Å²) >= 11 is 0. The molecule has 1 aliphatic rings. The van der Waals surface area contributed by atoms with Gasteiger partial charge in [-0.15, -0.1) is 0 Å². The van der Waals surface area contributed by atoms with E-state index in [4.69, 9.17) is 4.74 Å². The lowest BCUT2D eigenvalue weighted by Gasteiger charge is -2.15. The highest BCUT2D eigenvalue weighted by Crippen LogP contribution is 2.22. The van der Waals surface area contributed by atoms with Crippen molar-refractivity contribution in [2.75, 3.05) is 0 Å². The molecule has 1 N–H and O–H groups in total. The molecule has 0 radical (unpaired) electrons. The van der Waals surface area contributed by atoms with Crippen molar-refractivity contribution >= 4 is 5.91 Å². The molecule has 0 aliphatic heterocycles. The molecule has 138 valence electrons. The predicted molar refractivity (Wildman–Crippen MR) is 104 cm³/mol. The molecule has 3 aromatic rings. The fourth-order valence-corrected chi connectivity index (χ4v) is 3.44. The number of amides is 1.